The van der Waals surface area contributed by atoms with Gasteiger partial charge in [-0.15, -0.1) is 0 Å². The van der Waals surface area contributed by atoms with Crippen molar-refractivity contribution in [2.45, 2.75) is 32.2 Å². The van der Waals surface area contributed by atoms with Gasteiger partial charge in [-0.1, -0.05) is 55.3 Å². The average molecular weight is 244 g/mol. The zero-order chi connectivity index (χ0) is 13.6. The smallest absolute Gasteiger partial charge is 0.0681 e. The van der Waals surface area contributed by atoms with Crippen LogP contribution in [0.4, 0.5) is 0 Å². The summed E-state index contributed by atoms with van der Waals surface area (Å²) in [6.07, 6.45) is 0. The Labute approximate surface area is 106 Å². The Hall–Kier alpha value is -2.16. The number of hydrogen-bond acceptors (Lipinski definition) is 2. The first-order valence-electron chi connectivity index (χ1n) is 5.64. The third kappa shape index (κ3) is 3.70. The van der Waals surface area contributed by atoms with Gasteiger partial charge >= 0.3 is 0 Å². The van der Waals surface area contributed by atoms with Crippen LogP contribution in [-0.2, 0) is 5.41 Å². The van der Waals surface area contributed by atoms with Crippen LogP contribution in [0.2, 0.25) is 0 Å². The summed E-state index contributed by atoms with van der Waals surface area (Å²) < 4.78 is 0. The molecule has 1 unspecified atom stereocenters. The molecule has 0 N–H and O–H groups in total. The molecule has 0 spiro atoms. The summed E-state index contributed by atoms with van der Waals surface area (Å²) in [6.45, 7) is 6.53. The summed E-state index contributed by atoms with van der Waals surface area (Å²) in [5, 5.41) is 7.09. The Balaban J connectivity index is 3.00. The van der Waals surface area contributed by atoms with Gasteiger partial charge in [0.05, 0.1) is 6.04 Å². The largest absolute Gasteiger partial charge is 0.0932 e. The summed E-state index contributed by atoms with van der Waals surface area (Å²) in [5.41, 5.74) is 18.9. The first kappa shape index (κ1) is 13.9. The average Bonchev–Trinajstić information content (AvgIpc) is 2.33. The van der Waals surface area contributed by atoms with Crippen molar-refractivity contribution >= 4 is 0 Å². The molecule has 0 radical (unpaired) electrons. The third-order valence-electron chi connectivity index (χ3n) is 2.67. The van der Waals surface area contributed by atoms with Gasteiger partial charge in [0.15, 0.2) is 0 Å². The first-order chi connectivity index (χ1) is 8.49. The molecule has 94 valence electrons. The van der Waals surface area contributed by atoms with Crippen LogP contribution < -0.4 is 0 Å². The molecule has 0 saturated carbocycles. The minimum Gasteiger partial charge on any atom is -0.0932 e. The van der Waals surface area contributed by atoms with Gasteiger partial charge < -0.3 is 0 Å². The van der Waals surface area contributed by atoms with Crippen molar-refractivity contribution < 1.29 is 0 Å². The van der Waals surface area contributed by atoms with E-state index in [1.54, 1.807) is 0 Å². The molecule has 1 aromatic rings. The second kappa shape index (κ2) is 5.96. The quantitative estimate of drug-likeness (QED) is 0.418. The molecule has 0 aliphatic carbocycles. The number of azide groups is 2. The van der Waals surface area contributed by atoms with Gasteiger partial charge in [0.25, 0.3) is 0 Å². The Bertz CT molecular complexity index is 486. The van der Waals surface area contributed by atoms with Gasteiger partial charge in [0, 0.05) is 16.4 Å². The minimum absolute atomic E-state index is 0.0807. The van der Waals surface area contributed by atoms with Gasteiger partial charge in [-0.2, -0.15) is 0 Å². The van der Waals surface area contributed by atoms with E-state index in [4.69, 9.17) is 11.1 Å². The minimum atomic E-state index is -0.445. The molecule has 0 saturated heterocycles. The van der Waals surface area contributed by atoms with Crippen LogP contribution in [0.1, 0.15) is 37.9 Å². The summed E-state index contributed by atoms with van der Waals surface area (Å²) in [7, 11) is 0. The Kier molecular flexibility index (Phi) is 4.60. The second-order valence-corrected chi connectivity index (χ2v) is 5.01. The number of rotatable bonds is 4. The number of hydrogen-bond donors (Lipinski definition) is 0. The molecule has 1 rings (SSSR count). The molecule has 0 aliphatic heterocycles. The zero-order valence-electron chi connectivity index (χ0n) is 10.8. The molecule has 18 heavy (non-hydrogen) atoms. The molecule has 0 bridgehead atoms. The maximum atomic E-state index is 8.50. The van der Waals surface area contributed by atoms with Crippen LogP contribution in [0.15, 0.2) is 34.5 Å². The maximum absolute atomic E-state index is 8.50. The molecule has 0 fully saturated rings. The molecule has 1 atom stereocenters. The molecular weight excluding hydrogens is 228 g/mol. The highest BCUT2D eigenvalue weighted by molar-refractivity contribution is 5.29. The Morgan fingerprint density at radius 3 is 2.17 bits per heavy atom. The first-order valence-corrected chi connectivity index (χ1v) is 5.64. The van der Waals surface area contributed by atoms with Gasteiger partial charge in [0.2, 0.25) is 0 Å². The lowest BCUT2D eigenvalue weighted by molar-refractivity contribution is 0.589. The summed E-state index contributed by atoms with van der Waals surface area (Å²) in [5.74, 6) is 0. The van der Waals surface area contributed by atoms with Crippen LogP contribution in [0.25, 0.3) is 20.9 Å². The fourth-order valence-corrected chi connectivity index (χ4v) is 1.59. The van der Waals surface area contributed by atoms with Crippen molar-refractivity contribution in [3.05, 3.63) is 56.3 Å². The molecule has 0 aromatic heterocycles. The van der Waals surface area contributed by atoms with Crippen LogP contribution in [0, 0.1) is 0 Å². The number of benzene rings is 1. The number of nitrogens with zero attached hydrogens (tertiary/aromatic N) is 6. The molecule has 1 aromatic carbocycles. The van der Waals surface area contributed by atoms with E-state index in [1.165, 1.54) is 5.56 Å². The second-order valence-electron chi connectivity index (χ2n) is 5.01. The third-order valence-corrected chi connectivity index (χ3v) is 2.67. The van der Waals surface area contributed by atoms with Crippen molar-refractivity contribution in [3.63, 3.8) is 0 Å². The van der Waals surface area contributed by atoms with E-state index in [1.807, 2.05) is 24.3 Å². The predicted octanol–water partition coefficient (Wildman–Crippen LogP) is 4.65. The lowest BCUT2D eigenvalue weighted by Crippen LogP contribution is -2.11. The van der Waals surface area contributed by atoms with Crippen LogP contribution >= 0.6 is 0 Å². The Morgan fingerprint density at radius 2 is 1.72 bits per heavy atom. The topological polar surface area (TPSA) is 97.5 Å². The van der Waals surface area contributed by atoms with Crippen molar-refractivity contribution in [3.8, 4) is 0 Å². The molecule has 0 heterocycles. The monoisotopic (exact) mass is 244 g/mol. The van der Waals surface area contributed by atoms with Crippen molar-refractivity contribution in [1.82, 2.24) is 0 Å². The normalized spacial score (nSPS) is 12.2. The fraction of sp³-hybridized carbons (Fsp3) is 0.500. The van der Waals surface area contributed by atoms with Crippen molar-refractivity contribution in [1.29, 1.82) is 0 Å². The molecular formula is C12H16N6. The lowest BCUT2D eigenvalue weighted by Gasteiger charge is -2.19. The summed E-state index contributed by atoms with van der Waals surface area (Å²) in [4.78, 5) is 5.46. The van der Waals surface area contributed by atoms with E-state index in [0.29, 0.717) is 0 Å². The lowest BCUT2D eigenvalue weighted by atomic mass is 9.86. The molecule has 6 nitrogen and oxygen atoms in total. The Morgan fingerprint density at radius 1 is 1.11 bits per heavy atom. The van der Waals surface area contributed by atoms with Crippen LogP contribution in [-0.4, -0.2) is 6.54 Å². The van der Waals surface area contributed by atoms with Gasteiger partial charge in [-0.3, -0.25) is 0 Å². The predicted molar refractivity (Wildman–Crippen MR) is 71.0 cm³/mol. The highest BCUT2D eigenvalue weighted by Gasteiger charge is 2.14. The van der Waals surface area contributed by atoms with Crippen molar-refractivity contribution in [2.75, 3.05) is 6.54 Å². The van der Waals surface area contributed by atoms with Crippen LogP contribution in [0.5, 0.6) is 0 Å². The van der Waals surface area contributed by atoms with Crippen LogP contribution in [0.3, 0.4) is 0 Å². The molecule has 6 heteroatoms. The van der Waals surface area contributed by atoms with E-state index in [0.717, 1.165) is 5.56 Å². The highest BCUT2D eigenvalue weighted by Crippen LogP contribution is 2.25. The molecule has 0 aliphatic rings. The van der Waals surface area contributed by atoms with E-state index < -0.39 is 6.04 Å². The van der Waals surface area contributed by atoms with E-state index >= 15 is 0 Å². The van der Waals surface area contributed by atoms with E-state index in [-0.39, 0.29) is 12.0 Å². The molecule has 0 amide bonds. The van der Waals surface area contributed by atoms with Gasteiger partial charge in [-0.05, 0) is 27.6 Å². The van der Waals surface area contributed by atoms with Crippen molar-refractivity contribution in [2.24, 2.45) is 10.2 Å². The summed E-state index contributed by atoms with van der Waals surface area (Å²) >= 11 is 0. The van der Waals surface area contributed by atoms with Gasteiger partial charge in [0.1, 0.15) is 0 Å². The highest BCUT2D eigenvalue weighted by atomic mass is 15.2. The van der Waals surface area contributed by atoms with E-state index in [2.05, 4.69) is 40.8 Å². The fourth-order valence-electron chi connectivity index (χ4n) is 1.59. The van der Waals surface area contributed by atoms with Gasteiger partial charge in [-0.25, -0.2) is 0 Å². The summed E-state index contributed by atoms with van der Waals surface area (Å²) in [6, 6.07) is 7.39. The zero-order valence-corrected chi connectivity index (χ0v) is 10.8. The SMILES string of the molecule is CC(C)(C)c1ccc(C(CN=[N+]=[N-])N=[N+]=[N-])cc1. The maximum Gasteiger partial charge on any atom is 0.0681 e. The standard InChI is InChI=1S/C12H16N6/c1-12(2,3)10-6-4-9(5-7-10)11(16-18-14)8-15-17-13/h4-7,11H,8H2,1-3H3. The van der Waals surface area contributed by atoms with E-state index in [9.17, 15) is 0 Å².